The summed E-state index contributed by atoms with van der Waals surface area (Å²) in [4.78, 5) is 7.16. The Morgan fingerprint density at radius 2 is 0.542 bits per heavy atom. The van der Waals surface area contributed by atoms with Crippen LogP contribution >= 0.6 is 0 Å². The van der Waals surface area contributed by atoms with Crippen molar-refractivity contribution in [2.24, 2.45) is 0 Å². The molecule has 0 spiro atoms. The van der Waals surface area contributed by atoms with Crippen molar-refractivity contribution in [1.29, 1.82) is 0 Å². The number of rotatable bonds is 11. The number of para-hydroxylation sites is 3. The minimum Gasteiger partial charge on any atom is -0.310 e. The summed E-state index contributed by atoms with van der Waals surface area (Å²) in [7, 11) is 0. The molecular formula is C56H45N3. The minimum absolute atomic E-state index is 1.04. The number of benzene rings is 9. The molecular weight excluding hydrogens is 715 g/mol. The fourth-order valence-electron chi connectivity index (χ4n) is 7.98. The fraction of sp³-hybridized carbons (Fsp3) is 0.0357. The molecule has 284 valence electrons. The average molecular weight is 760 g/mol. The summed E-state index contributed by atoms with van der Waals surface area (Å²) in [6.45, 7) is 4.31. The number of hydrogen-bond donors (Lipinski definition) is 0. The van der Waals surface area contributed by atoms with E-state index < -0.39 is 0 Å². The van der Waals surface area contributed by atoms with Gasteiger partial charge < -0.3 is 14.7 Å². The molecule has 9 aromatic rings. The fourth-order valence-corrected chi connectivity index (χ4v) is 7.98. The Labute approximate surface area is 348 Å². The predicted octanol–water partition coefficient (Wildman–Crippen LogP) is 16.0. The summed E-state index contributed by atoms with van der Waals surface area (Å²) in [5.74, 6) is 0. The van der Waals surface area contributed by atoms with Crippen molar-refractivity contribution in [2.75, 3.05) is 14.7 Å². The maximum absolute atomic E-state index is 2.39. The van der Waals surface area contributed by atoms with E-state index in [9.17, 15) is 0 Å². The lowest BCUT2D eigenvalue weighted by atomic mass is 9.99. The van der Waals surface area contributed by atoms with Crippen LogP contribution < -0.4 is 14.7 Å². The molecule has 0 saturated heterocycles. The smallest absolute Gasteiger partial charge is 0.0560 e. The molecule has 0 unspecified atom stereocenters. The second-order valence-corrected chi connectivity index (χ2v) is 14.8. The molecule has 3 nitrogen and oxygen atoms in total. The number of anilines is 9. The SMILES string of the molecule is Cc1cccc(N(c2ccccc2)c2cc(N(c3ccccc3)c3ccc(-c4ccccc4)c(N(c4ccccc4)c4cccc(C)c4)c3)ccc2-c2ccccc2)c1. The van der Waals surface area contributed by atoms with Crippen molar-refractivity contribution < 1.29 is 0 Å². The third-order valence-electron chi connectivity index (χ3n) is 10.7. The van der Waals surface area contributed by atoms with E-state index in [1.54, 1.807) is 0 Å². The molecule has 0 saturated carbocycles. The van der Waals surface area contributed by atoms with Gasteiger partial charge in [0.15, 0.2) is 0 Å². The molecule has 9 rings (SSSR count). The molecule has 0 N–H and O–H groups in total. The quantitative estimate of drug-likeness (QED) is 0.130. The monoisotopic (exact) mass is 759 g/mol. The average Bonchev–Trinajstić information content (AvgIpc) is 3.29. The highest BCUT2D eigenvalue weighted by Crippen LogP contribution is 2.48. The molecule has 9 aromatic carbocycles. The van der Waals surface area contributed by atoms with Crippen LogP contribution in [-0.4, -0.2) is 0 Å². The first-order valence-corrected chi connectivity index (χ1v) is 20.2. The molecule has 0 radical (unpaired) electrons. The van der Waals surface area contributed by atoms with Crippen molar-refractivity contribution in [3.8, 4) is 22.3 Å². The lowest BCUT2D eigenvalue weighted by molar-refractivity contribution is 1.23. The molecule has 0 amide bonds. The van der Waals surface area contributed by atoms with Crippen LogP contribution in [0.15, 0.2) is 237 Å². The highest BCUT2D eigenvalue weighted by atomic mass is 15.2. The number of hydrogen-bond acceptors (Lipinski definition) is 3. The Kier molecular flexibility index (Phi) is 10.6. The third kappa shape index (κ3) is 7.87. The van der Waals surface area contributed by atoms with E-state index in [-0.39, 0.29) is 0 Å². The molecule has 3 heteroatoms. The van der Waals surface area contributed by atoms with Crippen molar-refractivity contribution in [3.63, 3.8) is 0 Å². The van der Waals surface area contributed by atoms with Gasteiger partial charge in [0.1, 0.15) is 0 Å². The zero-order valence-electron chi connectivity index (χ0n) is 33.4. The first-order valence-electron chi connectivity index (χ1n) is 20.2. The van der Waals surface area contributed by atoms with Gasteiger partial charge in [-0.25, -0.2) is 0 Å². The Bertz CT molecular complexity index is 2610. The van der Waals surface area contributed by atoms with Crippen LogP contribution in [0.1, 0.15) is 11.1 Å². The summed E-state index contributed by atoms with van der Waals surface area (Å²) in [5.41, 5.74) is 16.7. The molecule has 0 bridgehead atoms. The zero-order valence-corrected chi connectivity index (χ0v) is 33.4. The van der Waals surface area contributed by atoms with Crippen LogP contribution in [0.4, 0.5) is 51.2 Å². The van der Waals surface area contributed by atoms with Gasteiger partial charge in [-0.1, -0.05) is 152 Å². The highest BCUT2D eigenvalue weighted by molar-refractivity contribution is 5.95. The van der Waals surface area contributed by atoms with E-state index >= 15 is 0 Å². The van der Waals surface area contributed by atoms with Crippen LogP contribution in [0.2, 0.25) is 0 Å². The van der Waals surface area contributed by atoms with E-state index in [0.717, 1.165) is 73.4 Å². The summed E-state index contributed by atoms with van der Waals surface area (Å²) in [5, 5.41) is 0. The van der Waals surface area contributed by atoms with Crippen molar-refractivity contribution >= 4 is 51.2 Å². The minimum atomic E-state index is 1.04. The Morgan fingerprint density at radius 1 is 0.237 bits per heavy atom. The van der Waals surface area contributed by atoms with E-state index in [0.29, 0.717) is 0 Å². The third-order valence-corrected chi connectivity index (χ3v) is 10.7. The maximum Gasteiger partial charge on any atom is 0.0560 e. The van der Waals surface area contributed by atoms with Gasteiger partial charge in [0.05, 0.1) is 11.4 Å². The largest absolute Gasteiger partial charge is 0.310 e. The van der Waals surface area contributed by atoms with Gasteiger partial charge >= 0.3 is 0 Å². The van der Waals surface area contributed by atoms with Gasteiger partial charge in [-0.3, -0.25) is 0 Å². The Morgan fingerprint density at radius 3 is 0.898 bits per heavy atom. The van der Waals surface area contributed by atoms with Crippen molar-refractivity contribution in [1.82, 2.24) is 0 Å². The summed E-state index contributed by atoms with van der Waals surface area (Å²) < 4.78 is 0. The van der Waals surface area contributed by atoms with Crippen LogP contribution in [0.5, 0.6) is 0 Å². The molecule has 0 aliphatic rings. The van der Waals surface area contributed by atoms with Gasteiger partial charge in [0, 0.05) is 50.9 Å². The van der Waals surface area contributed by atoms with E-state index in [4.69, 9.17) is 0 Å². The van der Waals surface area contributed by atoms with Gasteiger partial charge in [-0.15, -0.1) is 0 Å². The second kappa shape index (κ2) is 16.9. The summed E-state index contributed by atoms with van der Waals surface area (Å²) in [6.07, 6.45) is 0. The molecule has 0 aromatic heterocycles. The molecule has 59 heavy (non-hydrogen) atoms. The van der Waals surface area contributed by atoms with E-state index in [1.165, 1.54) is 11.1 Å². The van der Waals surface area contributed by atoms with Crippen LogP contribution in [0.3, 0.4) is 0 Å². The van der Waals surface area contributed by atoms with Gasteiger partial charge in [0.2, 0.25) is 0 Å². The van der Waals surface area contributed by atoms with Crippen molar-refractivity contribution in [2.45, 2.75) is 13.8 Å². The van der Waals surface area contributed by atoms with Crippen molar-refractivity contribution in [3.05, 3.63) is 248 Å². The summed E-state index contributed by atoms with van der Waals surface area (Å²) >= 11 is 0. The van der Waals surface area contributed by atoms with E-state index in [1.807, 2.05) is 0 Å². The highest BCUT2D eigenvalue weighted by Gasteiger charge is 2.24. The lowest BCUT2D eigenvalue weighted by Crippen LogP contribution is -2.15. The standard InChI is InChI=1S/C56H45N3/c1-42-20-18-32-49(38-42)58(47-28-14-6-15-29-47)55-40-51(34-36-53(55)44-22-8-3-9-23-44)57(46-26-12-5-13-27-46)52-35-37-54(45-24-10-4-11-25-45)56(41-52)59(48-30-16-7-17-31-48)50-33-19-21-43(2)39-50/h3-41H,1-2H3. The molecule has 0 atom stereocenters. The maximum atomic E-state index is 2.39. The van der Waals surface area contributed by atoms with Crippen LogP contribution in [0.25, 0.3) is 22.3 Å². The normalized spacial score (nSPS) is 10.9. The molecule has 0 fully saturated rings. The zero-order chi connectivity index (χ0) is 40.0. The number of nitrogens with zero attached hydrogens (tertiary/aromatic N) is 3. The predicted molar refractivity (Wildman–Crippen MR) is 251 cm³/mol. The molecule has 0 heterocycles. The van der Waals surface area contributed by atoms with Gasteiger partial charge in [0.25, 0.3) is 0 Å². The molecule has 0 aliphatic heterocycles. The first-order chi connectivity index (χ1) is 29.1. The molecule has 0 aliphatic carbocycles. The van der Waals surface area contributed by atoms with Gasteiger partial charge in [-0.2, -0.15) is 0 Å². The summed E-state index contributed by atoms with van der Waals surface area (Å²) in [6, 6.07) is 84.8. The topological polar surface area (TPSA) is 9.72 Å². The lowest BCUT2D eigenvalue weighted by Gasteiger charge is -2.33. The Balaban J connectivity index is 1.31. The number of aryl methyl sites for hydroxylation is 2. The van der Waals surface area contributed by atoms with E-state index in [2.05, 4.69) is 265 Å². The second-order valence-electron chi connectivity index (χ2n) is 14.8. The first kappa shape index (κ1) is 37.0. The van der Waals surface area contributed by atoms with Gasteiger partial charge in [-0.05, 0) is 121 Å². The van der Waals surface area contributed by atoms with Crippen LogP contribution in [0, 0.1) is 13.8 Å². The van der Waals surface area contributed by atoms with Crippen LogP contribution in [-0.2, 0) is 0 Å². The Hall–Kier alpha value is -7.62.